The first kappa shape index (κ1) is 16.5. The quantitative estimate of drug-likeness (QED) is 0.692. The number of aryl methyl sites for hydroxylation is 2. The lowest BCUT2D eigenvalue weighted by atomic mass is 10.1. The maximum atomic E-state index is 12.3. The lowest BCUT2D eigenvalue weighted by molar-refractivity contribution is -0.384. The highest BCUT2D eigenvalue weighted by Gasteiger charge is 2.19. The predicted octanol–water partition coefficient (Wildman–Crippen LogP) is 3.53. The van der Waals surface area contributed by atoms with Gasteiger partial charge >= 0.3 is 0 Å². The van der Waals surface area contributed by atoms with Crippen LogP contribution in [-0.4, -0.2) is 24.9 Å². The lowest BCUT2D eigenvalue weighted by Gasteiger charge is -2.13. The van der Waals surface area contributed by atoms with Crippen LogP contribution in [0.25, 0.3) is 0 Å². The molecule has 0 radical (unpaired) electrons. The molecule has 2 aromatic carbocycles. The van der Waals surface area contributed by atoms with E-state index in [1.165, 1.54) is 6.07 Å². The summed E-state index contributed by atoms with van der Waals surface area (Å²) in [5.74, 6) is -0.372. The minimum absolute atomic E-state index is 0.0944. The molecular weight excluding hydrogens is 294 g/mol. The van der Waals surface area contributed by atoms with Crippen LogP contribution in [0.5, 0.6) is 0 Å². The fourth-order valence-electron chi connectivity index (χ4n) is 2.44. The van der Waals surface area contributed by atoms with Gasteiger partial charge < -0.3 is 10.2 Å². The molecule has 0 aliphatic carbocycles. The van der Waals surface area contributed by atoms with Crippen LogP contribution in [0.1, 0.15) is 21.5 Å². The van der Waals surface area contributed by atoms with Crippen LogP contribution in [0.2, 0.25) is 0 Å². The first-order valence-electron chi connectivity index (χ1n) is 7.13. The molecule has 1 N–H and O–H groups in total. The summed E-state index contributed by atoms with van der Waals surface area (Å²) in [5.41, 5.74) is 3.36. The van der Waals surface area contributed by atoms with Crippen molar-refractivity contribution >= 4 is 23.0 Å². The van der Waals surface area contributed by atoms with Gasteiger partial charge in [-0.15, -0.1) is 0 Å². The average Bonchev–Trinajstić information content (AvgIpc) is 2.45. The number of carbonyl (C=O) groups excluding carboxylic acids is 1. The molecule has 0 unspecified atom stereocenters. The van der Waals surface area contributed by atoms with Crippen molar-refractivity contribution < 1.29 is 9.72 Å². The molecule has 2 rings (SSSR count). The molecule has 23 heavy (non-hydrogen) atoms. The molecule has 0 aromatic heterocycles. The van der Waals surface area contributed by atoms with E-state index in [0.29, 0.717) is 11.4 Å². The molecule has 6 nitrogen and oxygen atoms in total. The van der Waals surface area contributed by atoms with E-state index in [0.717, 1.165) is 11.1 Å². The van der Waals surface area contributed by atoms with E-state index in [9.17, 15) is 14.9 Å². The summed E-state index contributed by atoms with van der Waals surface area (Å²) in [4.78, 5) is 24.7. The van der Waals surface area contributed by atoms with Crippen molar-refractivity contribution in [3.8, 4) is 0 Å². The topological polar surface area (TPSA) is 75.5 Å². The number of rotatable bonds is 4. The number of amides is 1. The van der Waals surface area contributed by atoms with Gasteiger partial charge in [0.15, 0.2) is 0 Å². The maximum Gasteiger partial charge on any atom is 0.293 e. The molecule has 0 aliphatic heterocycles. The van der Waals surface area contributed by atoms with Gasteiger partial charge in [-0.2, -0.15) is 0 Å². The Balaban J connectivity index is 2.32. The highest BCUT2D eigenvalue weighted by molar-refractivity contribution is 6.05. The number of benzene rings is 2. The zero-order valence-electron chi connectivity index (χ0n) is 13.6. The Hall–Kier alpha value is -2.89. The van der Waals surface area contributed by atoms with E-state index in [1.54, 1.807) is 31.1 Å². The van der Waals surface area contributed by atoms with Crippen molar-refractivity contribution in [2.45, 2.75) is 13.8 Å². The number of anilines is 2. The molecule has 1 amide bonds. The first-order chi connectivity index (χ1) is 10.8. The summed E-state index contributed by atoms with van der Waals surface area (Å²) in [6, 6.07) is 10.2. The van der Waals surface area contributed by atoms with E-state index in [4.69, 9.17) is 0 Å². The molecular formula is C17H19N3O3. The van der Waals surface area contributed by atoms with Crippen molar-refractivity contribution in [1.82, 2.24) is 0 Å². The molecule has 2 aromatic rings. The van der Waals surface area contributed by atoms with Crippen LogP contribution < -0.4 is 10.2 Å². The Morgan fingerprint density at radius 3 is 2.22 bits per heavy atom. The molecule has 0 fully saturated rings. The van der Waals surface area contributed by atoms with Gasteiger partial charge in [-0.25, -0.2) is 0 Å². The van der Waals surface area contributed by atoms with Gasteiger partial charge in [-0.1, -0.05) is 6.07 Å². The number of nitrogens with one attached hydrogen (secondary N) is 1. The molecule has 0 aliphatic rings. The Morgan fingerprint density at radius 1 is 1.09 bits per heavy atom. The number of nitrogens with zero attached hydrogens (tertiary/aromatic N) is 2. The molecule has 0 heterocycles. The second-order valence-corrected chi connectivity index (χ2v) is 5.69. The number of nitro groups is 1. The molecule has 6 heteroatoms. The van der Waals surface area contributed by atoms with Crippen LogP contribution >= 0.6 is 0 Å². The minimum atomic E-state index is -0.483. The van der Waals surface area contributed by atoms with Crippen LogP contribution in [0.3, 0.4) is 0 Å². The summed E-state index contributed by atoms with van der Waals surface area (Å²) in [5, 5.41) is 14.0. The van der Waals surface area contributed by atoms with Crippen LogP contribution in [0.15, 0.2) is 36.4 Å². The predicted molar refractivity (Wildman–Crippen MR) is 91.3 cm³/mol. The zero-order valence-corrected chi connectivity index (χ0v) is 13.6. The van der Waals surface area contributed by atoms with Gasteiger partial charge in [0.2, 0.25) is 0 Å². The van der Waals surface area contributed by atoms with Crippen LogP contribution in [0.4, 0.5) is 17.1 Å². The first-order valence-corrected chi connectivity index (χ1v) is 7.13. The van der Waals surface area contributed by atoms with Gasteiger partial charge in [0.25, 0.3) is 11.6 Å². The van der Waals surface area contributed by atoms with Crippen molar-refractivity contribution in [1.29, 1.82) is 0 Å². The Morgan fingerprint density at radius 2 is 1.70 bits per heavy atom. The molecule has 0 atom stereocenters. The van der Waals surface area contributed by atoms with Crippen molar-refractivity contribution in [2.24, 2.45) is 0 Å². The number of hydrogen-bond acceptors (Lipinski definition) is 4. The molecule has 0 saturated heterocycles. The third-order valence-corrected chi connectivity index (χ3v) is 3.40. The van der Waals surface area contributed by atoms with E-state index in [2.05, 4.69) is 5.32 Å². The number of carbonyl (C=O) groups is 1. The second kappa shape index (κ2) is 6.48. The summed E-state index contributed by atoms with van der Waals surface area (Å²) < 4.78 is 0. The second-order valence-electron chi connectivity index (χ2n) is 5.69. The van der Waals surface area contributed by atoms with Gasteiger partial charge in [0, 0.05) is 31.4 Å². The normalized spacial score (nSPS) is 10.3. The van der Waals surface area contributed by atoms with Crippen LogP contribution in [0, 0.1) is 24.0 Å². The van der Waals surface area contributed by atoms with Gasteiger partial charge in [-0.3, -0.25) is 14.9 Å². The van der Waals surface area contributed by atoms with E-state index in [1.807, 2.05) is 32.0 Å². The summed E-state index contributed by atoms with van der Waals surface area (Å²) in [6.45, 7) is 3.89. The van der Waals surface area contributed by atoms with Gasteiger partial charge in [-0.05, 0) is 49.2 Å². The number of hydrogen-bond donors (Lipinski definition) is 1. The highest BCUT2D eigenvalue weighted by atomic mass is 16.6. The van der Waals surface area contributed by atoms with Crippen molar-refractivity contribution in [3.05, 3.63) is 63.2 Å². The maximum absolute atomic E-state index is 12.3. The monoisotopic (exact) mass is 313 g/mol. The third kappa shape index (κ3) is 3.85. The summed E-state index contributed by atoms with van der Waals surface area (Å²) >= 11 is 0. The smallest absolute Gasteiger partial charge is 0.293 e. The Labute approximate surface area is 134 Å². The fraction of sp³-hybridized carbons (Fsp3) is 0.235. The number of nitro benzene ring substituents is 1. The lowest BCUT2D eigenvalue weighted by Crippen LogP contribution is -2.15. The zero-order chi connectivity index (χ0) is 17.1. The summed E-state index contributed by atoms with van der Waals surface area (Å²) in [7, 11) is 3.44. The standard InChI is InChI=1S/C17H19N3O3/c1-11-7-12(2)9-14(8-11)18-17(21)13-5-6-15(19(3)4)16(10-13)20(22)23/h5-10H,1-4H3,(H,18,21). The SMILES string of the molecule is Cc1cc(C)cc(NC(=O)c2ccc(N(C)C)c([N+](=O)[O-])c2)c1. The average molecular weight is 313 g/mol. The highest BCUT2D eigenvalue weighted by Crippen LogP contribution is 2.28. The van der Waals surface area contributed by atoms with Gasteiger partial charge in [0.1, 0.15) is 5.69 Å². The van der Waals surface area contributed by atoms with E-state index >= 15 is 0 Å². The van der Waals surface area contributed by atoms with E-state index < -0.39 is 4.92 Å². The summed E-state index contributed by atoms with van der Waals surface area (Å²) in [6.07, 6.45) is 0. The van der Waals surface area contributed by atoms with Crippen LogP contribution in [-0.2, 0) is 0 Å². The Kier molecular flexibility index (Phi) is 4.64. The fourth-order valence-corrected chi connectivity index (χ4v) is 2.44. The molecule has 0 bridgehead atoms. The molecule has 120 valence electrons. The van der Waals surface area contributed by atoms with Gasteiger partial charge in [0.05, 0.1) is 4.92 Å². The Bertz CT molecular complexity index is 749. The van der Waals surface area contributed by atoms with Crippen molar-refractivity contribution in [3.63, 3.8) is 0 Å². The molecule has 0 spiro atoms. The third-order valence-electron chi connectivity index (χ3n) is 3.40. The minimum Gasteiger partial charge on any atom is -0.372 e. The molecule has 0 saturated carbocycles. The van der Waals surface area contributed by atoms with Crippen molar-refractivity contribution in [2.75, 3.05) is 24.3 Å². The largest absolute Gasteiger partial charge is 0.372 e. The van der Waals surface area contributed by atoms with E-state index in [-0.39, 0.29) is 17.2 Å².